The number of carbonyl (C=O) groups is 2. The normalized spacial score (nSPS) is 12.0. The molecule has 24 heavy (non-hydrogen) atoms. The van der Waals surface area contributed by atoms with Gasteiger partial charge >= 0.3 is 11.9 Å². The van der Waals surface area contributed by atoms with Crippen LogP contribution in [0.15, 0.2) is 24.3 Å². The summed E-state index contributed by atoms with van der Waals surface area (Å²) < 4.78 is 11.8. The van der Waals surface area contributed by atoms with Gasteiger partial charge in [-0.2, -0.15) is 0 Å². The number of rotatable bonds is 10. The molecule has 0 fully saturated rings. The van der Waals surface area contributed by atoms with Crippen molar-refractivity contribution in [3.8, 4) is 0 Å². The summed E-state index contributed by atoms with van der Waals surface area (Å²) in [7, 11) is 0. The van der Waals surface area contributed by atoms with Gasteiger partial charge < -0.3 is 9.47 Å². The summed E-state index contributed by atoms with van der Waals surface area (Å²) in [5.74, 6) is -0.198. The van der Waals surface area contributed by atoms with E-state index in [9.17, 15) is 9.59 Å². The van der Waals surface area contributed by atoms with Gasteiger partial charge in [0.05, 0.1) is 0 Å². The average molecular weight is 446 g/mol. The van der Waals surface area contributed by atoms with Gasteiger partial charge in [0, 0.05) is 16.4 Å². The monoisotopic (exact) mass is 446 g/mol. The van der Waals surface area contributed by atoms with Crippen LogP contribution in [0.25, 0.3) is 0 Å². The molecule has 0 heterocycles. The van der Waals surface area contributed by atoms with Crippen LogP contribution in [0.3, 0.4) is 0 Å². The Morgan fingerprint density at radius 3 is 2.50 bits per heavy atom. The van der Waals surface area contributed by atoms with Gasteiger partial charge in [0.15, 0.2) is 0 Å². The molecular weight excluding hydrogens is 419 g/mol. The minimum atomic E-state index is -0.282. The van der Waals surface area contributed by atoms with Crippen LogP contribution >= 0.6 is 22.6 Å². The molecule has 1 atom stereocenters. The molecule has 4 nitrogen and oxygen atoms in total. The molecule has 0 amide bonds. The molecular formula is C19H27IO4. The number of halogens is 1. The number of ether oxygens (including phenoxy) is 2. The summed E-state index contributed by atoms with van der Waals surface area (Å²) in [6.45, 7) is 6.45. The summed E-state index contributed by atoms with van der Waals surface area (Å²) in [5, 5.41) is 0. The summed E-state index contributed by atoms with van der Waals surface area (Å²) >= 11 is 2.22. The molecule has 0 spiro atoms. The van der Waals surface area contributed by atoms with E-state index in [1.807, 2.05) is 24.3 Å². The topological polar surface area (TPSA) is 52.6 Å². The van der Waals surface area contributed by atoms with Crippen LogP contribution in [0, 0.1) is 9.49 Å². The second-order valence-electron chi connectivity index (χ2n) is 6.21. The molecule has 0 saturated carbocycles. The first kappa shape index (κ1) is 20.9. The van der Waals surface area contributed by atoms with Crippen molar-refractivity contribution in [1.82, 2.24) is 0 Å². The zero-order valence-corrected chi connectivity index (χ0v) is 16.9. The summed E-state index contributed by atoms with van der Waals surface area (Å²) in [6, 6.07) is 7.82. The number of hydrogen-bond donors (Lipinski definition) is 0. The zero-order valence-electron chi connectivity index (χ0n) is 14.7. The second-order valence-corrected chi connectivity index (χ2v) is 7.45. The quantitative estimate of drug-likeness (QED) is 0.380. The van der Waals surface area contributed by atoms with E-state index in [4.69, 9.17) is 9.47 Å². The fourth-order valence-electron chi connectivity index (χ4n) is 2.28. The highest BCUT2D eigenvalue weighted by Gasteiger charge is 2.17. The van der Waals surface area contributed by atoms with E-state index in [0.29, 0.717) is 12.3 Å². The largest absolute Gasteiger partial charge is 0.462 e. The van der Waals surface area contributed by atoms with Crippen LogP contribution in [0.1, 0.15) is 58.4 Å². The van der Waals surface area contributed by atoms with Crippen LogP contribution in [0.4, 0.5) is 0 Å². The molecule has 0 saturated heterocycles. The summed E-state index contributed by atoms with van der Waals surface area (Å²) in [4.78, 5) is 23.6. The lowest BCUT2D eigenvalue weighted by atomic mass is 10.0. The van der Waals surface area contributed by atoms with E-state index in [1.54, 1.807) is 0 Å². The van der Waals surface area contributed by atoms with E-state index in [-0.39, 0.29) is 37.5 Å². The number of esters is 2. The Morgan fingerprint density at radius 2 is 1.88 bits per heavy atom. The van der Waals surface area contributed by atoms with Gasteiger partial charge in [-0.25, -0.2) is 0 Å². The third-order valence-corrected chi connectivity index (χ3v) is 4.32. The molecule has 1 unspecified atom stereocenters. The van der Waals surface area contributed by atoms with Gasteiger partial charge in [0.25, 0.3) is 0 Å². The molecule has 0 aliphatic rings. The SMILES string of the molecule is CCCC(OC(=O)CCCC(=O)OCc1cccc(I)c1)C(C)C. The molecule has 0 aliphatic carbocycles. The van der Waals surface area contributed by atoms with E-state index in [0.717, 1.165) is 22.0 Å². The average Bonchev–Trinajstić information content (AvgIpc) is 2.52. The van der Waals surface area contributed by atoms with Crippen molar-refractivity contribution in [1.29, 1.82) is 0 Å². The first-order valence-corrected chi connectivity index (χ1v) is 9.59. The van der Waals surface area contributed by atoms with Crippen LogP contribution in [-0.4, -0.2) is 18.0 Å². The van der Waals surface area contributed by atoms with E-state index < -0.39 is 0 Å². The Morgan fingerprint density at radius 1 is 1.17 bits per heavy atom. The van der Waals surface area contributed by atoms with Crippen molar-refractivity contribution in [3.63, 3.8) is 0 Å². The second kappa shape index (κ2) is 11.4. The number of benzene rings is 1. The molecule has 0 aliphatic heterocycles. The minimum absolute atomic E-state index is 0.0324. The lowest BCUT2D eigenvalue weighted by Crippen LogP contribution is -2.23. The highest BCUT2D eigenvalue weighted by Crippen LogP contribution is 2.15. The Bertz CT molecular complexity index is 528. The smallest absolute Gasteiger partial charge is 0.306 e. The van der Waals surface area contributed by atoms with Crippen LogP contribution in [0.2, 0.25) is 0 Å². The molecule has 1 rings (SSSR count). The van der Waals surface area contributed by atoms with Gasteiger partial charge in [0.1, 0.15) is 12.7 Å². The fourth-order valence-corrected chi connectivity index (χ4v) is 2.89. The fraction of sp³-hybridized carbons (Fsp3) is 0.579. The standard InChI is InChI=1S/C19H27IO4/c1-4-7-17(14(2)3)24-19(22)11-6-10-18(21)23-13-15-8-5-9-16(20)12-15/h5,8-9,12,14,17H,4,6-7,10-11,13H2,1-3H3. The van der Waals surface area contributed by atoms with E-state index >= 15 is 0 Å². The predicted molar refractivity (Wildman–Crippen MR) is 102 cm³/mol. The minimum Gasteiger partial charge on any atom is -0.462 e. The van der Waals surface area contributed by atoms with Gasteiger partial charge in [-0.1, -0.05) is 39.3 Å². The van der Waals surface area contributed by atoms with Crippen molar-refractivity contribution in [2.75, 3.05) is 0 Å². The molecule has 134 valence electrons. The van der Waals surface area contributed by atoms with Crippen molar-refractivity contribution >= 4 is 34.5 Å². The summed E-state index contributed by atoms with van der Waals surface area (Å²) in [6.07, 6.45) is 2.78. The van der Waals surface area contributed by atoms with Crippen molar-refractivity contribution in [2.24, 2.45) is 5.92 Å². The first-order chi connectivity index (χ1) is 11.4. The lowest BCUT2D eigenvalue weighted by Gasteiger charge is -2.20. The van der Waals surface area contributed by atoms with E-state index in [2.05, 4.69) is 43.4 Å². The molecule has 5 heteroatoms. The third kappa shape index (κ3) is 8.66. The predicted octanol–water partition coefficient (Wildman–Crippen LogP) is 4.87. The van der Waals surface area contributed by atoms with Crippen LogP contribution < -0.4 is 0 Å². The molecule has 0 bridgehead atoms. The number of carbonyl (C=O) groups excluding carboxylic acids is 2. The van der Waals surface area contributed by atoms with Gasteiger partial charge in [-0.05, 0) is 59.0 Å². The van der Waals surface area contributed by atoms with Gasteiger partial charge in [-0.15, -0.1) is 0 Å². The highest BCUT2D eigenvalue weighted by atomic mass is 127. The molecule has 1 aromatic rings. The Hall–Kier alpha value is -1.11. The first-order valence-electron chi connectivity index (χ1n) is 8.52. The zero-order chi connectivity index (χ0) is 17.9. The Balaban J connectivity index is 2.23. The molecule has 1 aromatic carbocycles. The van der Waals surface area contributed by atoms with Gasteiger partial charge in [0.2, 0.25) is 0 Å². The lowest BCUT2D eigenvalue weighted by molar-refractivity contribution is -0.152. The number of hydrogen-bond acceptors (Lipinski definition) is 4. The van der Waals surface area contributed by atoms with Crippen molar-refractivity contribution in [2.45, 2.75) is 65.6 Å². The van der Waals surface area contributed by atoms with Crippen LogP contribution in [0.5, 0.6) is 0 Å². The maximum atomic E-state index is 11.9. The Labute approximate surface area is 158 Å². The van der Waals surface area contributed by atoms with Gasteiger partial charge in [-0.3, -0.25) is 9.59 Å². The van der Waals surface area contributed by atoms with Crippen LogP contribution in [-0.2, 0) is 25.7 Å². The van der Waals surface area contributed by atoms with Crippen molar-refractivity contribution < 1.29 is 19.1 Å². The molecule has 0 N–H and O–H groups in total. The van der Waals surface area contributed by atoms with Crippen molar-refractivity contribution in [3.05, 3.63) is 33.4 Å². The molecule has 0 aromatic heterocycles. The maximum absolute atomic E-state index is 11.9. The highest BCUT2D eigenvalue weighted by molar-refractivity contribution is 14.1. The maximum Gasteiger partial charge on any atom is 0.306 e. The summed E-state index contributed by atoms with van der Waals surface area (Å²) in [5.41, 5.74) is 0.967. The van der Waals surface area contributed by atoms with E-state index in [1.165, 1.54) is 0 Å². The molecule has 0 radical (unpaired) electrons. The third-order valence-electron chi connectivity index (χ3n) is 3.65. The Kier molecular flexibility index (Phi) is 9.98.